The summed E-state index contributed by atoms with van der Waals surface area (Å²) in [6.45, 7) is 1.71. The van der Waals surface area contributed by atoms with E-state index in [0.717, 1.165) is 0 Å². The Bertz CT molecular complexity index is 688. The molecule has 2 amide bonds. The van der Waals surface area contributed by atoms with E-state index >= 15 is 0 Å². The van der Waals surface area contributed by atoms with Gasteiger partial charge in [-0.3, -0.25) is 19.6 Å². The van der Waals surface area contributed by atoms with E-state index in [1.165, 1.54) is 12.4 Å². The highest BCUT2D eigenvalue weighted by Gasteiger charge is 2.11. The van der Waals surface area contributed by atoms with Gasteiger partial charge in [-0.25, -0.2) is 0 Å². The number of rotatable bonds is 9. The van der Waals surface area contributed by atoms with Gasteiger partial charge in [0.15, 0.2) is 0 Å². The molecule has 2 aromatic heterocycles. The standard InChI is InChI=1S/C18H22N4O4/c1-25-9-7-21-17(23)13-3-5-19-15(11-13)16-12-14(4-6-20-16)18(24)22-8-10-26-2/h3-6,11-12H,7-10H2,1-2H3,(H,21,23)(H,22,24). The highest BCUT2D eigenvalue weighted by atomic mass is 16.5. The van der Waals surface area contributed by atoms with Crippen molar-refractivity contribution in [3.05, 3.63) is 47.8 Å². The first kappa shape index (κ1) is 19.5. The van der Waals surface area contributed by atoms with Crippen LogP contribution in [-0.2, 0) is 9.47 Å². The largest absolute Gasteiger partial charge is 0.383 e. The van der Waals surface area contributed by atoms with Crippen molar-refractivity contribution < 1.29 is 19.1 Å². The molecule has 2 N–H and O–H groups in total. The van der Waals surface area contributed by atoms with E-state index in [1.807, 2.05) is 0 Å². The summed E-state index contributed by atoms with van der Waals surface area (Å²) in [5.41, 5.74) is 1.94. The Labute approximate surface area is 151 Å². The summed E-state index contributed by atoms with van der Waals surface area (Å²) in [6, 6.07) is 6.51. The topological polar surface area (TPSA) is 102 Å². The van der Waals surface area contributed by atoms with Gasteiger partial charge < -0.3 is 20.1 Å². The van der Waals surface area contributed by atoms with Crippen molar-refractivity contribution in [1.29, 1.82) is 0 Å². The van der Waals surface area contributed by atoms with Gasteiger partial charge >= 0.3 is 0 Å². The van der Waals surface area contributed by atoms with Gasteiger partial charge in [-0.05, 0) is 24.3 Å². The molecule has 8 heteroatoms. The monoisotopic (exact) mass is 358 g/mol. The average molecular weight is 358 g/mol. The second-order valence-electron chi connectivity index (χ2n) is 5.36. The Balaban J connectivity index is 2.13. The highest BCUT2D eigenvalue weighted by Crippen LogP contribution is 2.17. The number of amides is 2. The molecule has 0 saturated carbocycles. The summed E-state index contributed by atoms with van der Waals surface area (Å²) in [5, 5.41) is 5.50. The van der Waals surface area contributed by atoms with Crippen molar-refractivity contribution in [3.8, 4) is 11.4 Å². The number of pyridine rings is 2. The Morgan fingerprint density at radius 2 is 1.27 bits per heavy atom. The lowest BCUT2D eigenvalue weighted by Gasteiger charge is -2.08. The molecule has 0 atom stereocenters. The summed E-state index contributed by atoms with van der Waals surface area (Å²) in [5.74, 6) is -0.446. The number of aromatic nitrogens is 2. The number of nitrogens with one attached hydrogen (secondary N) is 2. The summed E-state index contributed by atoms with van der Waals surface area (Å²) in [7, 11) is 3.14. The lowest BCUT2D eigenvalue weighted by Crippen LogP contribution is -2.27. The normalized spacial score (nSPS) is 10.4. The molecule has 0 fully saturated rings. The molecule has 0 unspecified atom stereocenters. The molecule has 138 valence electrons. The minimum absolute atomic E-state index is 0.223. The number of ether oxygens (including phenoxy) is 2. The third-order valence-electron chi connectivity index (χ3n) is 3.49. The van der Waals surface area contributed by atoms with Crippen LogP contribution in [0.3, 0.4) is 0 Å². The second-order valence-corrected chi connectivity index (χ2v) is 5.36. The number of hydrogen-bond donors (Lipinski definition) is 2. The van der Waals surface area contributed by atoms with E-state index < -0.39 is 0 Å². The van der Waals surface area contributed by atoms with Crippen molar-refractivity contribution in [2.75, 3.05) is 40.5 Å². The first-order chi connectivity index (χ1) is 12.7. The van der Waals surface area contributed by atoms with Crippen LogP contribution >= 0.6 is 0 Å². The molecule has 0 bridgehead atoms. The Hall–Kier alpha value is -2.84. The molecule has 2 heterocycles. The van der Waals surface area contributed by atoms with Gasteiger partial charge in [0, 0.05) is 50.8 Å². The second kappa shape index (κ2) is 10.2. The van der Waals surface area contributed by atoms with Crippen LogP contribution in [0, 0.1) is 0 Å². The fourth-order valence-corrected chi connectivity index (χ4v) is 2.16. The molecule has 2 aromatic rings. The van der Waals surface area contributed by atoms with Crippen molar-refractivity contribution in [2.45, 2.75) is 0 Å². The van der Waals surface area contributed by atoms with Crippen LogP contribution in [0.15, 0.2) is 36.7 Å². The van der Waals surface area contributed by atoms with Crippen LogP contribution in [0.5, 0.6) is 0 Å². The summed E-state index contributed by atoms with van der Waals surface area (Å²) < 4.78 is 9.82. The third-order valence-corrected chi connectivity index (χ3v) is 3.49. The Kier molecular flexibility index (Phi) is 7.66. The molecule has 26 heavy (non-hydrogen) atoms. The van der Waals surface area contributed by atoms with Crippen molar-refractivity contribution in [2.24, 2.45) is 0 Å². The van der Waals surface area contributed by atoms with E-state index in [-0.39, 0.29) is 11.8 Å². The molecule has 0 saturated heterocycles. The van der Waals surface area contributed by atoms with Gasteiger partial charge in [0.25, 0.3) is 11.8 Å². The van der Waals surface area contributed by atoms with E-state index in [4.69, 9.17) is 9.47 Å². The van der Waals surface area contributed by atoms with Crippen LogP contribution in [0.4, 0.5) is 0 Å². The molecule has 0 aliphatic carbocycles. The average Bonchev–Trinajstić information content (AvgIpc) is 2.68. The van der Waals surface area contributed by atoms with Crippen molar-refractivity contribution in [1.82, 2.24) is 20.6 Å². The highest BCUT2D eigenvalue weighted by molar-refractivity contribution is 5.96. The van der Waals surface area contributed by atoms with Crippen molar-refractivity contribution in [3.63, 3.8) is 0 Å². The summed E-state index contributed by atoms with van der Waals surface area (Å²) in [4.78, 5) is 32.8. The van der Waals surface area contributed by atoms with Crippen LogP contribution < -0.4 is 10.6 Å². The van der Waals surface area contributed by atoms with Crippen LogP contribution in [-0.4, -0.2) is 62.3 Å². The fourth-order valence-electron chi connectivity index (χ4n) is 2.16. The molecule has 8 nitrogen and oxygen atoms in total. The lowest BCUT2D eigenvalue weighted by atomic mass is 10.1. The lowest BCUT2D eigenvalue weighted by molar-refractivity contribution is 0.0929. The van der Waals surface area contributed by atoms with Gasteiger partial charge in [0.2, 0.25) is 0 Å². The molecule has 2 rings (SSSR count). The predicted molar refractivity (Wildman–Crippen MR) is 95.9 cm³/mol. The summed E-state index contributed by atoms with van der Waals surface area (Å²) in [6.07, 6.45) is 3.07. The molecule has 0 aliphatic heterocycles. The number of carbonyl (C=O) groups is 2. The summed E-state index contributed by atoms with van der Waals surface area (Å²) >= 11 is 0. The predicted octanol–water partition coefficient (Wildman–Crippen LogP) is 0.896. The first-order valence-electron chi connectivity index (χ1n) is 8.12. The van der Waals surface area contributed by atoms with Crippen molar-refractivity contribution >= 4 is 11.8 Å². The number of nitrogens with zero attached hydrogens (tertiary/aromatic N) is 2. The fraction of sp³-hybridized carbons (Fsp3) is 0.333. The number of hydrogen-bond acceptors (Lipinski definition) is 6. The van der Waals surface area contributed by atoms with Gasteiger partial charge in [0.1, 0.15) is 0 Å². The zero-order valence-corrected chi connectivity index (χ0v) is 14.8. The molecule has 0 spiro atoms. The van der Waals surface area contributed by atoms with E-state index in [2.05, 4.69) is 20.6 Å². The van der Waals surface area contributed by atoms with E-state index in [0.29, 0.717) is 48.8 Å². The minimum atomic E-state index is -0.223. The van der Waals surface area contributed by atoms with Gasteiger partial charge in [0.05, 0.1) is 24.6 Å². The maximum absolute atomic E-state index is 12.1. The zero-order chi connectivity index (χ0) is 18.8. The van der Waals surface area contributed by atoms with Crippen LogP contribution in [0.2, 0.25) is 0 Å². The van der Waals surface area contributed by atoms with Crippen LogP contribution in [0.1, 0.15) is 20.7 Å². The molecule has 0 radical (unpaired) electrons. The maximum atomic E-state index is 12.1. The smallest absolute Gasteiger partial charge is 0.251 e. The number of methoxy groups -OCH3 is 2. The van der Waals surface area contributed by atoms with Gasteiger partial charge in [-0.2, -0.15) is 0 Å². The van der Waals surface area contributed by atoms with Gasteiger partial charge in [-0.1, -0.05) is 0 Å². The quantitative estimate of drug-likeness (QED) is 0.646. The molecular formula is C18H22N4O4. The maximum Gasteiger partial charge on any atom is 0.251 e. The Morgan fingerprint density at radius 3 is 1.65 bits per heavy atom. The third kappa shape index (κ3) is 5.61. The Morgan fingerprint density at radius 1 is 0.846 bits per heavy atom. The molecular weight excluding hydrogens is 336 g/mol. The first-order valence-corrected chi connectivity index (χ1v) is 8.12. The van der Waals surface area contributed by atoms with E-state index in [1.54, 1.807) is 38.5 Å². The van der Waals surface area contributed by atoms with Crippen LogP contribution in [0.25, 0.3) is 11.4 Å². The molecule has 0 aromatic carbocycles. The minimum Gasteiger partial charge on any atom is -0.383 e. The molecule has 0 aliphatic rings. The van der Waals surface area contributed by atoms with Gasteiger partial charge in [-0.15, -0.1) is 0 Å². The SMILES string of the molecule is COCCNC(=O)c1ccnc(-c2cc(C(=O)NCCOC)ccn2)c1. The van der Waals surface area contributed by atoms with E-state index in [9.17, 15) is 9.59 Å². The zero-order valence-electron chi connectivity index (χ0n) is 14.8. The number of carbonyl (C=O) groups excluding carboxylic acids is 2.